The van der Waals surface area contributed by atoms with Crippen LogP contribution >= 0.6 is 12.2 Å². The van der Waals surface area contributed by atoms with Gasteiger partial charge in [-0.05, 0) is 12.2 Å². The van der Waals surface area contributed by atoms with Crippen molar-refractivity contribution < 1.29 is 13.9 Å². The van der Waals surface area contributed by atoms with Gasteiger partial charge in [0.15, 0.2) is 0 Å². The molecule has 0 spiro atoms. The molecule has 0 bridgehead atoms. The Labute approximate surface area is 85.3 Å². The van der Waals surface area contributed by atoms with Crippen LogP contribution in [-0.2, 0) is 16.0 Å². The van der Waals surface area contributed by atoms with Gasteiger partial charge in [-0.15, -0.1) is 0 Å². The number of carbonyl (C=O) groups excluding carboxylic acids is 1. The molecule has 1 rings (SSSR count). The fraction of sp³-hybridized carbons (Fsp3) is 0.375. The summed E-state index contributed by atoms with van der Waals surface area (Å²) in [5.74, 6) is -0.410. The predicted molar refractivity (Wildman–Crippen MR) is 48.8 cm³/mol. The average molecular weight is 212 g/mol. The monoisotopic (exact) mass is 212 g/mol. The summed E-state index contributed by atoms with van der Waals surface area (Å²) < 4.78 is 9.53. The molecule has 0 radical (unpaired) electrons. The van der Waals surface area contributed by atoms with E-state index in [2.05, 4.69) is 17.2 Å². The summed E-state index contributed by atoms with van der Waals surface area (Å²) in [4.78, 5) is 14.0. The number of carbonyl (C=O) groups is 1. The maximum absolute atomic E-state index is 11.1. The van der Waals surface area contributed by atoms with Crippen molar-refractivity contribution in [3.63, 3.8) is 0 Å². The lowest BCUT2D eigenvalue weighted by atomic mass is 10.3. The first-order valence-corrected chi connectivity index (χ1v) is 4.32. The Morgan fingerprint density at radius 1 is 1.79 bits per heavy atom. The van der Waals surface area contributed by atoms with Gasteiger partial charge in [-0.3, -0.25) is 4.79 Å². The first kappa shape index (κ1) is 10.5. The summed E-state index contributed by atoms with van der Waals surface area (Å²) in [5, 5.41) is 8.20. The lowest BCUT2D eigenvalue weighted by Crippen LogP contribution is -2.08. The van der Waals surface area contributed by atoms with Crippen LogP contribution in [0.15, 0.2) is 10.7 Å². The molecule has 1 heterocycles. The first-order chi connectivity index (χ1) is 6.72. The molecule has 0 atom stereocenters. The van der Waals surface area contributed by atoms with Crippen LogP contribution in [0.4, 0.5) is 0 Å². The van der Waals surface area contributed by atoms with Crippen molar-refractivity contribution in [3.05, 3.63) is 16.8 Å². The van der Waals surface area contributed by atoms with Crippen LogP contribution in [0, 0.1) is 16.2 Å². The fourth-order valence-electron chi connectivity index (χ4n) is 0.818. The van der Waals surface area contributed by atoms with E-state index in [1.54, 1.807) is 0 Å². The van der Waals surface area contributed by atoms with Crippen LogP contribution in [0.1, 0.15) is 12.1 Å². The predicted octanol–water partition coefficient (Wildman–Crippen LogP) is 1.34. The third-order valence-electron chi connectivity index (χ3n) is 1.38. The number of nitriles is 1. The van der Waals surface area contributed by atoms with E-state index in [4.69, 9.17) is 14.4 Å². The molecule has 1 aromatic rings. The van der Waals surface area contributed by atoms with Crippen molar-refractivity contribution >= 4 is 18.2 Å². The quantitative estimate of drug-likeness (QED) is 0.462. The van der Waals surface area contributed by atoms with Crippen molar-refractivity contribution in [3.8, 4) is 6.07 Å². The van der Waals surface area contributed by atoms with E-state index in [-0.39, 0.29) is 24.3 Å². The largest absolute Gasteiger partial charge is 0.464 e. The minimum Gasteiger partial charge on any atom is -0.464 e. The third kappa shape index (κ3) is 3.41. The molecule has 0 aliphatic heterocycles. The molecule has 14 heavy (non-hydrogen) atoms. The van der Waals surface area contributed by atoms with Gasteiger partial charge in [0.2, 0.25) is 0 Å². The second kappa shape index (κ2) is 5.19. The Kier molecular flexibility index (Phi) is 3.88. The second-order valence-corrected chi connectivity index (χ2v) is 2.85. The number of hydrogen-bond donors (Lipinski definition) is 1. The molecule has 0 saturated heterocycles. The molecule has 1 aromatic heterocycles. The number of nitrogens with one attached hydrogen (secondary N) is 1. The highest BCUT2D eigenvalue weighted by Crippen LogP contribution is 1.99. The van der Waals surface area contributed by atoms with Gasteiger partial charge >= 0.3 is 5.97 Å². The third-order valence-corrected chi connectivity index (χ3v) is 1.58. The maximum Gasteiger partial charge on any atom is 0.311 e. The normalized spacial score (nSPS) is 9.36. The summed E-state index contributed by atoms with van der Waals surface area (Å²) in [6.45, 7) is 0.119. The van der Waals surface area contributed by atoms with Crippen molar-refractivity contribution in [2.75, 3.05) is 6.61 Å². The topological polar surface area (TPSA) is 79.0 Å². The Morgan fingerprint density at radius 3 is 3.14 bits per heavy atom. The molecule has 1 N–H and O–H groups in total. The fourth-order valence-corrected chi connectivity index (χ4v) is 0.997. The maximum atomic E-state index is 11.1. The molecule has 5 nitrogen and oxygen atoms in total. The van der Waals surface area contributed by atoms with E-state index in [0.29, 0.717) is 5.69 Å². The van der Waals surface area contributed by atoms with E-state index in [1.807, 2.05) is 6.07 Å². The van der Waals surface area contributed by atoms with E-state index in [1.165, 1.54) is 6.26 Å². The van der Waals surface area contributed by atoms with Crippen LogP contribution in [0.25, 0.3) is 0 Å². The van der Waals surface area contributed by atoms with Gasteiger partial charge in [-0.25, -0.2) is 0 Å². The van der Waals surface area contributed by atoms with E-state index >= 15 is 0 Å². The molecule has 0 aromatic carbocycles. The second-order valence-electron chi connectivity index (χ2n) is 2.48. The molecule has 0 saturated carbocycles. The zero-order valence-electron chi connectivity index (χ0n) is 7.28. The summed E-state index contributed by atoms with van der Waals surface area (Å²) >= 11 is 4.67. The summed E-state index contributed by atoms with van der Waals surface area (Å²) in [6.07, 6.45) is 1.65. The molecule has 0 aliphatic rings. The number of esters is 1. The van der Waals surface area contributed by atoms with Gasteiger partial charge < -0.3 is 14.1 Å². The van der Waals surface area contributed by atoms with Gasteiger partial charge in [0.25, 0.3) is 4.84 Å². The first-order valence-electron chi connectivity index (χ1n) is 3.91. The van der Waals surface area contributed by atoms with Gasteiger partial charge in [0.05, 0.1) is 24.6 Å². The molecule has 74 valence electrons. The summed E-state index contributed by atoms with van der Waals surface area (Å²) in [6, 6.07) is 1.87. The Bertz CT molecular complexity index is 401. The van der Waals surface area contributed by atoms with Crippen LogP contribution < -0.4 is 0 Å². The number of ether oxygens (including phenoxy) is 1. The molecular weight excluding hydrogens is 204 g/mol. The minimum absolute atomic E-state index is 0.0750. The van der Waals surface area contributed by atoms with Crippen LogP contribution in [-0.4, -0.2) is 17.6 Å². The summed E-state index contributed by atoms with van der Waals surface area (Å²) in [5.41, 5.74) is 0.567. The van der Waals surface area contributed by atoms with Gasteiger partial charge in [-0.2, -0.15) is 5.26 Å². The SMILES string of the molecule is N#CCCOC(=O)Cc1coc(=S)[nH]1. The Hall–Kier alpha value is -1.61. The smallest absolute Gasteiger partial charge is 0.311 e. The van der Waals surface area contributed by atoms with Gasteiger partial charge in [0, 0.05) is 0 Å². The number of oxazole rings is 1. The number of H-pyrrole nitrogens is 1. The highest BCUT2D eigenvalue weighted by atomic mass is 32.1. The summed E-state index contributed by atoms with van der Waals surface area (Å²) in [7, 11) is 0. The highest BCUT2D eigenvalue weighted by molar-refractivity contribution is 7.71. The van der Waals surface area contributed by atoms with Crippen LogP contribution in [0.3, 0.4) is 0 Å². The van der Waals surface area contributed by atoms with E-state index in [9.17, 15) is 4.79 Å². The molecular formula is C8H8N2O3S. The van der Waals surface area contributed by atoms with E-state index < -0.39 is 5.97 Å². The van der Waals surface area contributed by atoms with Gasteiger partial charge in [-0.1, -0.05) is 0 Å². The average Bonchev–Trinajstić information content (AvgIpc) is 2.52. The highest BCUT2D eigenvalue weighted by Gasteiger charge is 2.06. The van der Waals surface area contributed by atoms with Crippen LogP contribution in [0.5, 0.6) is 0 Å². The van der Waals surface area contributed by atoms with Crippen molar-refractivity contribution in [2.24, 2.45) is 0 Å². The number of nitrogens with zero attached hydrogens (tertiary/aromatic N) is 1. The minimum atomic E-state index is -0.410. The zero-order valence-corrected chi connectivity index (χ0v) is 8.10. The molecule has 0 aliphatic carbocycles. The van der Waals surface area contributed by atoms with Crippen molar-refractivity contribution in [1.82, 2.24) is 4.98 Å². The van der Waals surface area contributed by atoms with E-state index in [0.717, 1.165) is 0 Å². The lowest BCUT2D eigenvalue weighted by Gasteiger charge is -1.99. The zero-order chi connectivity index (χ0) is 10.4. The number of hydrogen-bond acceptors (Lipinski definition) is 5. The van der Waals surface area contributed by atoms with Gasteiger partial charge in [0.1, 0.15) is 12.9 Å². The van der Waals surface area contributed by atoms with Crippen LogP contribution in [0.2, 0.25) is 0 Å². The standard InChI is InChI=1S/C8H8N2O3S/c9-2-1-3-12-7(11)4-6-5-13-8(14)10-6/h5H,1,3-4H2,(H,10,14). The molecule has 0 unspecified atom stereocenters. The number of aromatic amines is 1. The molecule has 6 heteroatoms. The van der Waals surface area contributed by atoms with Crippen molar-refractivity contribution in [1.29, 1.82) is 5.26 Å². The number of aromatic nitrogens is 1. The molecule has 0 fully saturated rings. The number of rotatable bonds is 4. The molecule has 0 amide bonds. The Morgan fingerprint density at radius 2 is 2.57 bits per heavy atom. The van der Waals surface area contributed by atoms with Crippen molar-refractivity contribution in [2.45, 2.75) is 12.8 Å². The Balaban J connectivity index is 2.35. The lowest BCUT2D eigenvalue weighted by molar-refractivity contribution is -0.142.